The van der Waals surface area contributed by atoms with Crippen molar-refractivity contribution in [2.45, 2.75) is 5.41 Å². The lowest BCUT2D eigenvalue weighted by Gasteiger charge is -2.39. The van der Waals surface area contributed by atoms with Crippen LogP contribution in [0, 0.1) is 0 Å². The van der Waals surface area contributed by atoms with Crippen LogP contribution in [0.4, 0.5) is 17.1 Å². The van der Waals surface area contributed by atoms with Crippen LogP contribution < -0.4 is 4.90 Å². The van der Waals surface area contributed by atoms with E-state index in [-0.39, 0.29) is 0 Å². The van der Waals surface area contributed by atoms with Crippen LogP contribution in [0.15, 0.2) is 271 Å². The molecule has 3 heteroatoms. The number of furan rings is 1. The maximum Gasteiger partial charge on any atom is 0.143 e. The molecule has 0 fully saturated rings. The molecule has 0 saturated carbocycles. The van der Waals surface area contributed by atoms with Crippen LogP contribution in [0.2, 0.25) is 0 Å². The Labute approximate surface area is 428 Å². The minimum absolute atomic E-state index is 0.607. The summed E-state index contributed by atoms with van der Waals surface area (Å²) < 4.78 is 9.13. The van der Waals surface area contributed by atoms with Gasteiger partial charge in [-0.25, -0.2) is 0 Å². The Hall–Kier alpha value is -9.70. The third-order valence-electron chi connectivity index (χ3n) is 16.2. The lowest BCUT2D eigenvalue weighted by molar-refractivity contribution is 0.670. The Bertz CT molecular complexity index is 4620. The summed E-state index contributed by atoms with van der Waals surface area (Å²) in [6, 6.07) is 98.5. The minimum atomic E-state index is -0.607. The monoisotopic (exact) mass is 940 g/mol. The fraction of sp³-hybridized carbons (Fsp3) is 0.0141. The summed E-state index contributed by atoms with van der Waals surface area (Å²) in [7, 11) is 0. The average molecular weight is 941 g/mol. The molecule has 16 rings (SSSR count). The maximum atomic E-state index is 6.60. The largest absolute Gasteiger partial charge is 0.455 e. The molecule has 74 heavy (non-hydrogen) atoms. The molecule has 0 bridgehead atoms. The van der Waals surface area contributed by atoms with Crippen molar-refractivity contribution in [3.8, 4) is 50.2 Å². The molecule has 0 N–H and O–H groups in total. The quantitative estimate of drug-likeness (QED) is 0.166. The first-order valence-corrected chi connectivity index (χ1v) is 25.6. The molecule has 1 spiro atoms. The van der Waals surface area contributed by atoms with Crippen molar-refractivity contribution in [2.75, 3.05) is 4.90 Å². The van der Waals surface area contributed by atoms with E-state index in [2.05, 4.69) is 270 Å². The molecule has 3 heterocycles. The summed E-state index contributed by atoms with van der Waals surface area (Å²) >= 11 is 0. The van der Waals surface area contributed by atoms with Gasteiger partial charge >= 0.3 is 0 Å². The van der Waals surface area contributed by atoms with Gasteiger partial charge in [-0.1, -0.05) is 224 Å². The molecule has 14 aromatic rings. The van der Waals surface area contributed by atoms with Crippen LogP contribution in [0.25, 0.3) is 105 Å². The number of benzene rings is 12. The highest BCUT2D eigenvalue weighted by Gasteiger charge is 2.51. The summed E-state index contributed by atoms with van der Waals surface area (Å²) in [5, 5.41) is 7.24. The predicted molar refractivity (Wildman–Crippen MR) is 307 cm³/mol. The van der Waals surface area contributed by atoms with Gasteiger partial charge in [0, 0.05) is 43.9 Å². The van der Waals surface area contributed by atoms with Crippen LogP contribution in [0.1, 0.15) is 22.3 Å². The Morgan fingerprint density at radius 1 is 0.338 bits per heavy atom. The normalized spacial score (nSPS) is 14.3. The van der Waals surface area contributed by atoms with E-state index < -0.39 is 5.41 Å². The Morgan fingerprint density at radius 2 is 0.892 bits per heavy atom. The first kappa shape index (κ1) is 41.0. The molecule has 2 aliphatic rings. The lowest BCUT2D eigenvalue weighted by Crippen LogP contribution is -2.33. The summed E-state index contributed by atoms with van der Waals surface area (Å²) in [6.45, 7) is 0. The fourth-order valence-corrected chi connectivity index (χ4v) is 13.3. The van der Waals surface area contributed by atoms with Gasteiger partial charge in [-0.05, 0) is 103 Å². The smallest absolute Gasteiger partial charge is 0.143 e. The Kier molecular flexibility index (Phi) is 8.66. The van der Waals surface area contributed by atoms with Gasteiger partial charge in [-0.3, -0.25) is 0 Å². The third kappa shape index (κ3) is 5.55. The van der Waals surface area contributed by atoms with Gasteiger partial charge in [-0.15, -0.1) is 0 Å². The zero-order chi connectivity index (χ0) is 48.5. The van der Waals surface area contributed by atoms with Gasteiger partial charge < -0.3 is 13.9 Å². The molecular weight excluding hydrogens is 897 g/mol. The average Bonchev–Trinajstić information content (AvgIpc) is 4.20. The summed E-state index contributed by atoms with van der Waals surface area (Å²) in [5.74, 6) is 0. The molecule has 3 nitrogen and oxygen atoms in total. The number of anilines is 3. The number of aromatic nitrogens is 1. The molecule has 344 valence electrons. The van der Waals surface area contributed by atoms with Crippen LogP contribution in [-0.4, -0.2) is 4.57 Å². The highest BCUT2D eigenvalue weighted by Crippen LogP contribution is 2.63. The molecule has 1 aliphatic heterocycles. The van der Waals surface area contributed by atoms with Gasteiger partial charge in [0.1, 0.15) is 11.2 Å². The Morgan fingerprint density at radius 3 is 1.77 bits per heavy atom. The molecule has 0 radical (unpaired) electrons. The zero-order valence-corrected chi connectivity index (χ0v) is 40.2. The SMILES string of the molecule is c1ccc(-c2cccc3ccccc23)c(-c2ccccc2N(c2ccc(-c3cccc4c3oc3ccccc34)cc2)c2cccc3c2-c2ccccc2C32c3ccccc3-n3c4ccccc4c4cccc2c43)c1. The first-order valence-electron chi connectivity index (χ1n) is 25.6. The summed E-state index contributed by atoms with van der Waals surface area (Å²) in [6.07, 6.45) is 0. The van der Waals surface area contributed by atoms with Crippen molar-refractivity contribution in [3.63, 3.8) is 0 Å². The van der Waals surface area contributed by atoms with E-state index in [0.29, 0.717) is 0 Å². The second-order valence-electron chi connectivity index (χ2n) is 19.8. The second-order valence-corrected chi connectivity index (χ2v) is 19.8. The van der Waals surface area contributed by atoms with Gasteiger partial charge in [-0.2, -0.15) is 0 Å². The van der Waals surface area contributed by atoms with Crippen LogP contribution in [-0.2, 0) is 5.41 Å². The standard InChI is InChI=1S/C71H44N2O/c1-2-21-48-45(19-1)20-15-29-50(48)51-22-3-4-23-52(51)53-24-6-11-36-63(53)72(47-43-41-46(42-44-47)49-28-16-31-57-55-26-8-14-40-67(55)74-70(49)57)66-39-18-34-61-68(66)58-27-5-9-32-59(58)71(61)60-33-10-13-38-65(60)73-64-37-12-7-25-54(64)56-30-17-35-62(71)69(56)73/h1-44H. The molecule has 0 saturated heterocycles. The zero-order valence-electron chi connectivity index (χ0n) is 40.2. The third-order valence-corrected chi connectivity index (χ3v) is 16.2. The molecule has 2 aromatic heterocycles. The number of nitrogens with zero attached hydrogens (tertiary/aromatic N) is 2. The molecule has 0 amide bonds. The van der Waals surface area contributed by atoms with E-state index in [1.165, 1.54) is 88.3 Å². The lowest BCUT2D eigenvalue weighted by atomic mass is 9.65. The fourth-order valence-electron chi connectivity index (χ4n) is 13.3. The first-order chi connectivity index (χ1) is 36.8. The van der Waals surface area contributed by atoms with Gasteiger partial charge in [0.2, 0.25) is 0 Å². The number of fused-ring (bicyclic) bond motifs is 16. The van der Waals surface area contributed by atoms with E-state index >= 15 is 0 Å². The highest BCUT2D eigenvalue weighted by molar-refractivity contribution is 6.14. The van der Waals surface area contributed by atoms with Gasteiger partial charge in [0.15, 0.2) is 0 Å². The van der Waals surface area contributed by atoms with Gasteiger partial charge in [0.25, 0.3) is 0 Å². The minimum Gasteiger partial charge on any atom is -0.455 e. The van der Waals surface area contributed by atoms with Crippen molar-refractivity contribution in [1.29, 1.82) is 0 Å². The van der Waals surface area contributed by atoms with Crippen molar-refractivity contribution in [1.82, 2.24) is 4.57 Å². The van der Waals surface area contributed by atoms with E-state index in [4.69, 9.17) is 4.42 Å². The van der Waals surface area contributed by atoms with Gasteiger partial charge in [0.05, 0.1) is 33.5 Å². The molecular formula is C71H44N2O. The number of para-hydroxylation sites is 6. The van der Waals surface area contributed by atoms with Crippen molar-refractivity contribution in [2.24, 2.45) is 0 Å². The number of rotatable bonds is 6. The number of hydrogen-bond acceptors (Lipinski definition) is 2. The van der Waals surface area contributed by atoms with E-state index in [0.717, 1.165) is 55.7 Å². The van der Waals surface area contributed by atoms with Crippen molar-refractivity contribution in [3.05, 3.63) is 289 Å². The van der Waals surface area contributed by atoms with E-state index in [1.54, 1.807) is 0 Å². The van der Waals surface area contributed by atoms with Crippen LogP contribution in [0.5, 0.6) is 0 Å². The second kappa shape index (κ2) is 15.6. The molecule has 12 aromatic carbocycles. The molecule has 1 unspecified atom stereocenters. The van der Waals surface area contributed by atoms with Crippen molar-refractivity contribution < 1.29 is 4.42 Å². The summed E-state index contributed by atoms with van der Waals surface area (Å²) in [4.78, 5) is 2.53. The van der Waals surface area contributed by atoms with Crippen LogP contribution in [0.3, 0.4) is 0 Å². The Balaban J connectivity index is 0.972. The van der Waals surface area contributed by atoms with E-state index in [9.17, 15) is 0 Å². The summed E-state index contributed by atoms with van der Waals surface area (Å²) in [5.41, 5.74) is 22.7. The number of hydrogen-bond donors (Lipinski definition) is 0. The maximum absolute atomic E-state index is 6.60. The topological polar surface area (TPSA) is 21.3 Å². The predicted octanol–water partition coefficient (Wildman–Crippen LogP) is 19.0. The van der Waals surface area contributed by atoms with E-state index in [1.807, 2.05) is 6.07 Å². The van der Waals surface area contributed by atoms with Crippen molar-refractivity contribution >= 4 is 71.6 Å². The molecule has 1 atom stereocenters. The molecule has 1 aliphatic carbocycles. The van der Waals surface area contributed by atoms with Crippen LogP contribution >= 0.6 is 0 Å². The highest BCUT2D eigenvalue weighted by atomic mass is 16.3.